The first kappa shape index (κ1) is 18.5. The maximum absolute atomic E-state index is 11.7. The molecule has 0 fully saturated rings. The Morgan fingerprint density at radius 3 is 2.79 bits per heavy atom. The Bertz CT molecular complexity index is 980. The van der Waals surface area contributed by atoms with Crippen molar-refractivity contribution in [1.29, 1.82) is 0 Å². The zero-order valence-corrected chi connectivity index (χ0v) is 15.8. The molecule has 6 heteroatoms. The standard InChI is InChI=1S/C22H24N2O4/c1-14-2-7-20-19(10-14)18-8-9-24(13-26)22(21(18)23-20)15-3-5-17(6-4-15)28-12-16(27)11-25/h2-7,10,13,16,22-23,25,27H,8-9,11-12H2,1H3. The Balaban J connectivity index is 1.68. The van der Waals surface area contributed by atoms with E-state index in [0.29, 0.717) is 12.3 Å². The number of aliphatic hydroxyl groups excluding tert-OH is 2. The van der Waals surface area contributed by atoms with Crippen molar-refractivity contribution in [3.05, 3.63) is 64.8 Å². The molecule has 3 N–H and O–H groups in total. The van der Waals surface area contributed by atoms with Crippen molar-refractivity contribution in [2.45, 2.75) is 25.5 Å². The molecular formula is C22H24N2O4. The van der Waals surface area contributed by atoms with E-state index in [-0.39, 0.29) is 19.3 Å². The number of aryl methyl sites for hydroxylation is 1. The van der Waals surface area contributed by atoms with E-state index in [9.17, 15) is 9.90 Å². The number of carbonyl (C=O) groups excluding carboxylic acids is 1. The number of nitrogens with zero attached hydrogens (tertiary/aromatic N) is 1. The maximum atomic E-state index is 11.7. The van der Waals surface area contributed by atoms with Crippen molar-refractivity contribution in [3.63, 3.8) is 0 Å². The highest BCUT2D eigenvalue weighted by Crippen LogP contribution is 2.38. The lowest BCUT2D eigenvalue weighted by atomic mass is 9.92. The molecule has 4 rings (SSSR count). The average molecular weight is 380 g/mol. The van der Waals surface area contributed by atoms with Crippen LogP contribution in [0.1, 0.15) is 28.4 Å². The number of rotatable bonds is 6. The minimum atomic E-state index is -0.902. The molecule has 0 spiro atoms. The third-order valence-electron chi connectivity index (χ3n) is 5.30. The molecule has 0 aliphatic carbocycles. The van der Waals surface area contributed by atoms with E-state index in [4.69, 9.17) is 9.84 Å². The average Bonchev–Trinajstić information content (AvgIpc) is 3.09. The summed E-state index contributed by atoms with van der Waals surface area (Å²) in [6.07, 6.45) is 0.835. The van der Waals surface area contributed by atoms with Crippen molar-refractivity contribution in [2.75, 3.05) is 19.8 Å². The van der Waals surface area contributed by atoms with Crippen LogP contribution in [0, 0.1) is 6.92 Å². The Morgan fingerprint density at radius 2 is 2.07 bits per heavy atom. The monoisotopic (exact) mass is 380 g/mol. The lowest BCUT2D eigenvalue weighted by molar-refractivity contribution is -0.120. The fourth-order valence-electron chi connectivity index (χ4n) is 3.88. The van der Waals surface area contributed by atoms with Crippen LogP contribution >= 0.6 is 0 Å². The summed E-state index contributed by atoms with van der Waals surface area (Å²) in [4.78, 5) is 17.1. The number of aromatic amines is 1. The summed E-state index contributed by atoms with van der Waals surface area (Å²) >= 11 is 0. The summed E-state index contributed by atoms with van der Waals surface area (Å²) in [6, 6.07) is 13.7. The van der Waals surface area contributed by atoms with Gasteiger partial charge in [0.25, 0.3) is 0 Å². The Kier molecular flexibility index (Phi) is 5.07. The van der Waals surface area contributed by atoms with Gasteiger partial charge in [-0.1, -0.05) is 23.8 Å². The molecule has 0 saturated carbocycles. The van der Waals surface area contributed by atoms with Crippen LogP contribution in [0.25, 0.3) is 10.9 Å². The van der Waals surface area contributed by atoms with Gasteiger partial charge in [-0.05, 0) is 48.7 Å². The number of aromatic nitrogens is 1. The summed E-state index contributed by atoms with van der Waals surface area (Å²) in [6.45, 7) is 2.45. The molecule has 2 heterocycles. The number of aliphatic hydroxyl groups is 2. The minimum Gasteiger partial charge on any atom is -0.491 e. The number of hydrogen-bond acceptors (Lipinski definition) is 4. The molecule has 0 bridgehead atoms. The molecule has 1 aliphatic heterocycles. The molecule has 2 atom stereocenters. The highest BCUT2D eigenvalue weighted by molar-refractivity contribution is 5.86. The van der Waals surface area contributed by atoms with Gasteiger partial charge in [0.05, 0.1) is 12.6 Å². The van der Waals surface area contributed by atoms with Crippen LogP contribution in [-0.2, 0) is 11.2 Å². The van der Waals surface area contributed by atoms with Crippen LogP contribution < -0.4 is 4.74 Å². The quantitative estimate of drug-likeness (QED) is 0.573. The molecule has 1 aromatic heterocycles. The molecule has 146 valence electrons. The molecule has 0 saturated heterocycles. The predicted molar refractivity (Wildman–Crippen MR) is 106 cm³/mol. The van der Waals surface area contributed by atoms with E-state index < -0.39 is 6.10 Å². The van der Waals surface area contributed by atoms with Gasteiger partial charge in [-0.25, -0.2) is 0 Å². The summed E-state index contributed by atoms with van der Waals surface area (Å²) in [5.74, 6) is 0.609. The predicted octanol–water partition coefficient (Wildman–Crippen LogP) is 2.31. The van der Waals surface area contributed by atoms with Gasteiger partial charge in [-0.15, -0.1) is 0 Å². The number of benzene rings is 2. The first-order valence-corrected chi connectivity index (χ1v) is 9.44. The fraction of sp³-hybridized carbons (Fsp3) is 0.318. The zero-order valence-electron chi connectivity index (χ0n) is 15.8. The van der Waals surface area contributed by atoms with Crippen LogP contribution in [0.5, 0.6) is 5.75 Å². The number of nitrogens with one attached hydrogen (secondary N) is 1. The molecule has 28 heavy (non-hydrogen) atoms. The van der Waals surface area contributed by atoms with Crippen molar-refractivity contribution < 1.29 is 19.7 Å². The number of H-pyrrole nitrogens is 1. The highest BCUT2D eigenvalue weighted by Gasteiger charge is 2.30. The number of fused-ring (bicyclic) bond motifs is 3. The van der Waals surface area contributed by atoms with Crippen LogP contribution in [0.3, 0.4) is 0 Å². The van der Waals surface area contributed by atoms with Crippen LogP contribution in [0.2, 0.25) is 0 Å². The zero-order chi connectivity index (χ0) is 19.7. The normalized spacial score (nSPS) is 17.4. The van der Waals surface area contributed by atoms with Gasteiger partial charge < -0.3 is 24.8 Å². The third kappa shape index (κ3) is 3.37. The van der Waals surface area contributed by atoms with Crippen molar-refractivity contribution in [2.24, 2.45) is 0 Å². The highest BCUT2D eigenvalue weighted by atomic mass is 16.5. The van der Waals surface area contributed by atoms with Crippen molar-refractivity contribution in [1.82, 2.24) is 9.88 Å². The van der Waals surface area contributed by atoms with E-state index in [1.54, 1.807) is 0 Å². The van der Waals surface area contributed by atoms with E-state index >= 15 is 0 Å². The number of hydrogen-bond donors (Lipinski definition) is 3. The van der Waals surface area contributed by atoms with Gasteiger partial charge >= 0.3 is 0 Å². The minimum absolute atomic E-state index is 0.0330. The first-order chi connectivity index (χ1) is 13.6. The van der Waals surface area contributed by atoms with Gasteiger partial charge in [0.2, 0.25) is 6.41 Å². The molecular weight excluding hydrogens is 356 g/mol. The fourth-order valence-corrected chi connectivity index (χ4v) is 3.88. The topological polar surface area (TPSA) is 85.8 Å². The SMILES string of the molecule is Cc1ccc2[nH]c3c(c2c1)CCN(C=O)C3c1ccc(OCC(O)CO)cc1. The molecule has 1 aliphatic rings. The summed E-state index contributed by atoms with van der Waals surface area (Å²) in [7, 11) is 0. The van der Waals surface area contributed by atoms with E-state index in [2.05, 4.69) is 30.1 Å². The largest absolute Gasteiger partial charge is 0.491 e. The molecule has 0 radical (unpaired) electrons. The first-order valence-electron chi connectivity index (χ1n) is 9.44. The smallest absolute Gasteiger partial charge is 0.210 e. The second-order valence-electron chi connectivity index (χ2n) is 7.28. The van der Waals surface area contributed by atoms with Crippen molar-refractivity contribution in [3.8, 4) is 5.75 Å². The van der Waals surface area contributed by atoms with Gasteiger partial charge in [-0.3, -0.25) is 4.79 Å². The van der Waals surface area contributed by atoms with Gasteiger partial charge in [0, 0.05) is 23.1 Å². The second kappa shape index (κ2) is 7.66. The molecule has 3 aromatic rings. The van der Waals surface area contributed by atoms with Gasteiger partial charge in [-0.2, -0.15) is 0 Å². The Morgan fingerprint density at radius 1 is 1.29 bits per heavy atom. The summed E-state index contributed by atoms with van der Waals surface area (Å²) < 4.78 is 5.48. The van der Waals surface area contributed by atoms with Crippen LogP contribution in [0.15, 0.2) is 42.5 Å². The summed E-state index contributed by atoms with van der Waals surface area (Å²) in [5, 5.41) is 19.5. The number of carbonyl (C=O) groups is 1. The van der Waals surface area contributed by atoms with Crippen molar-refractivity contribution >= 4 is 17.3 Å². The second-order valence-corrected chi connectivity index (χ2v) is 7.28. The van der Waals surface area contributed by atoms with E-state index in [1.165, 1.54) is 16.5 Å². The molecule has 2 unspecified atom stereocenters. The van der Waals surface area contributed by atoms with Gasteiger partial charge in [0.1, 0.15) is 18.5 Å². The third-order valence-corrected chi connectivity index (χ3v) is 5.30. The maximum Gasteiger partial charge on any atom is 0.210 e. The molecule has 1 amide bonds. The van der Waals surface area contributed by atoms with E-state index in [1.807, 2.05) is 29.2 Å². The summed E-state index contributed by atoms with van der Waals surface area (Å²) in [5.41, 5.74) is 5.63. The van der Waals surface area contributed by atoms with Gasteiger partial charge in [0.15, 0.2) is 0 Å². The lowest BCUT2D eigenvalue weighted by Gasteiger charge is -2.33. The molecule has 6 nitrogen and oxygen atoms in total. The number of amides is 1. The van der Waals surface area contributed by atoms with Crippen LogP contribution in [0.4, 0.5) is 0 Å². The Labute approximate surface area is 163 Å². The lowest BCUT2D eigenvalue weighted by Crippen LogP contribution is -2.34. The van der Waals surface area contributed by atoms with Crippen LogP contribution in [-0.4, -0.2) is 52.4 Å². The molecule has 2 aromatic carbocycles. The number of ether oxygens (including phenoxy) is 1. The van der Waals surface area contributed by atoms with E-state index in [0.717, 1.165) is 29.6 Å². The Hall–Kier alpha value is -2.83.